The third-order valence-corrected chi connectivity index (χ3v) is 0. The van der Waals surface area contributed by atoms with Crippen molar-refractivity contribution in [2.45, 2.75) is 0 Å². The summed E-state index contributed by atoms with van der Waals surface area (Å²) in [5.41, 5.74) is 0. The van der Waals surface area contributed by atoms with E-state index in [-0.39, 0.29) is 54.5 Å². The molecule has 0 unspecified atom stereocenters. The van der Waals surface area contributed by atoms with E-state index in [1.165, 1.54) is 0 Å². The van der Waals surface area contributed by atoms with Gasteiger partial charge in [-0.15, -0.1) is 0 Å². The Morgan fingerprint density at radius 3 is 1.12 bits per heavy atom. The molecule has 8 heavy (non-hydrogen) atoms. The summed E-state index contributed by atoms with van der Waals surface area (Å²) < 4.78 is 31.6. The zero-order valence-electron chi connectivity index (χ0n) is 3.33. The van der Waals surface area contributed by atoms with Crippen molar-refractivity contribution < 1.29 is 42.5 Å². The van der Waals surface area contributed by atoms with Gasteiger partial charge in [-0.05, 0) is 0 Å². The van der Waals surface area contributed by atoms with Gasteiger partial charge in [0.1, 0.15) is 0 Å². The molecule has 5 nitrogen and oxygen atoms in total. The first-order valence-corrected chi connectivity index (χ1v) is 2.10. The molecule has 0 amide bonds. The standard InChI is InChI=1S/Na.H2O4S.H2O.Zn.H/c;1-5(2,3)4;;;/h;(H2,1,2,3,4);1H2;;. The smallest absolute Gasteiger partial charge is 0 e. The fourth-order valence-electron chi connectivity index (χ4n) is 0. The molecular formula is H5NaO5SZn. The van der Waals surface area contributed by atoms with Crippen LogP contribution in [0.15, 0.2) is 0 Å². The number of hydrogen-bond acceptors (Lipinski definition) is 2. The van der Waals surface area contributed by atoms with Crippen molar-refractivity contribution in [2.75, 3.05) is 0 Å². The van der Waals surface area contributed by atoms with Gasteiger partial charge in [-0.2, -0.15) is 8.42 Å². The minimum atomic E-state index is -4.67. The van der Waals surface area contributed by atoms with E-state index >= 15 is 0 Å². The minimum absolute atomic E-state index is 0. The van der Waals surface area contributed by atoms with Crippen molar-refractivity contribution >= 4 is 40.0 Å². The topological polar surface area (TPSA) is 106 Å². The molecule has 0 aromatic carbocycles. The second-order valence-electron chi connectivity index (χ2n) is 0.448. The summed E-state index contributed by atoms with van der Waals surface area (Å²) in [6.07, 6.45) is 0. The van der Waals surface area contributed by atoms with E-state index in [9.17, 15) is 0 Å². The van der Waals surface area contributed by atoms with Crippen molar-refractivity contribution in [1.29, 1.82) is 0 Å². The molecular weight excluding hydrogens is 200 g/mol. The van der Waals surface area contributed by atoms with E-state index in [1.807, 2.05) is 0 Å². The Kier molecular flexibility index (Phi) is 24.0. The summed E-state index contributed by atoms with van der Waals surface area (Å²) in [4.78, 5) is 0. The van der Waals surface area contributed by atoms with Crippen LogP contribution < -0.4 is 0 Å². The van der Waals surface area contributed by atoms with Gasteiger partial charge in [0.25, 0.3) is 0 Å². The largest absolute Gasteiger partial charge is 0 e. The molecule has 0 spiro atoms. The molecule has 44 valence electrons. The van der Waals surface area contributed by atoms with Gasteiger partial charge in [0.15, 0.2) is 0 Å². The Hall–Kier alpha value is 1.45. The van der Waals surface area contributed by atoms with Gasteiger partial charge in [0, 0.05) is 19.5 Å². The van der Waals surface area contributed by atoms with E-state index in [0.29, 0.717) is 0 Å². The Balaban J connectivity index is -0.0000000267. The Morgan fingerprint density at radius 1 is 1.12 bits per heavy atom. The molecule has 0 aliphatic rings. The van der Waals surface area contributed by atoms with Crippen molar-refractivity contribution in [3.05, 3.63) is 0 Å². The van der Waals surface area contributed by atoms with E-state index in [0.717, 1.165) is 0 Å². The third kappa shape index (κ3) is 147. The predicted molar refractivity (Wildman–Crippen MR) is 24.9 cm³/mol. The van der Waals surface area contributed by atoms with Crippen LogP contribution in [0.1, 0.15) is 0 Å². The summed E-state index contributed by atoms with van der Waals surface area (Å²) in [6, 6.07) is 0. The SMILES string of the molecule is O.O=S(=O)(O)O.[NaH].[Zn]. The van der Waals surface area contributed by atoms with Crippen molar-refractivity contribution in [1.82, 2.24) is 0 Å². The molecule has 4 N–H and O–H groups in total. The Labute approximate surface area is 81.8 Å². The maximum atomic E-state index is 8.74. The molecule has 8 heteroatoms. The summed E-state index contributed by atoms with van der Waals surface area (Å²) in [5, 5.41) is 0. The van der Waals surface area contributed by atoms with Crippen LogP contribution in [-0.4, -0.2) is 52.6 Å². The molecule has 0 bridgehead atoms. The van der Waals surface area contributed by atoms with Crippen LogP contribution in [0.5, 0.6) is 0 Å². The molecule has 0 aliphatic heterocycles. The van der Waals surface area contributed by atoms with Gasteiger partial charge in [-0.3, -0.25) is 9.11 Å². The summed E-state index contributed by atoms with van der Waals surface area (Å²) in [6.45, 7) is 0. The molecule has 0 aromatic heterocycles. The first-order valence-electron chi connectivity index (χ1n) is 0.698. The number of hydrogen-bond donors (Lipinski definition) is 2. The zero-order chi connectivity index (χ0) is 4.50. The second-order valence-corrected chi connectivity index (χ2v) is 1.34. The van der Waals surface area contributed by atoms with Crippen LogP contribution in [0.4, 0.5) is 0 Å². The molecule has 0 saturated carbocycles. The summed E-state index contributed by atoms with van der Waals surface area (Å²) >= 11 is 0. The fraction of sp³-hybridized carbons (Fsp3) is 0. The molecule has 0 atom stereocenters. The Morgan fingerprint density at radius 2 is 1.12 bits per heavy atom. The molecule has 0 heterocycles. The van der Waals surface area contributed by atoms with Crippen LogP contribution in [0, 0.1) is 0 Å². The molecule has 0 aromatic rings. The van der Waals surface area contributed by atoms with Gasteiger partial charge < -0.3 is 5.48 Å². The third-order valence-electron chi connectivity index (χ3n) is 0. The Bertz CT molecular complexity index is 95.6. The first-order chi connectivity index (χ1) is 2.00. The molecule has 0 radical (unpaired) electrons. The van der Waals surface area contributed by atoms with Gasteiger partial charge >= 0.3 is 40.0 Å². The zero-order valence-corrected chi connectivity index (χ0v) is 7.11. The molecule has 0 saturated heterocycles. The predicted octanol–water partition coefficient (Wildman–Crippen LogP) is -2.13. The molecule has 0 rings (SSSR count). The maximum absolute atomic E-state index is 8.74. The van der Waals surface area contributed by atoms with Gasteiger partial charge in [-0.25, -0.2) is 0 Å². The van der Waals surface area contributed by atoms with Gasteiger partial charge in [0.2, 0.25) is 0 Å². The normalized spacial score (nSPS) is 7.25. The van der Waals surface area contributed by atoms with Crippen LogP contribution >= 0.6 is 0 Å². The summed E-state index contributed by atoms with van der Waals surface area (Å²) in [7, 11) is -4.67. The van der Waals surface area contributed by atoms with E-state index in [4.69, 9.17) is 17.5 Å². The molecule has 0 aliphatic carbocycles. The quantitative estimate of drug-likeness (QED) is 0.348. The van der Waals surface area contributed by atoms with Gasteiger partial charge in [0.05, 0.1) is 0 Å². The van der Waals surface area contributed by atoms with Crippen molar-refractivity contribution in [3.8, 4) is 0 Å². The van der Waals surface area contributed by atoms with E-state index in [1.54, 1.807) is 0 Å². The summed E-state index contributed by atoms with van der Waals surface area (Å²) in [5.74, 6) is 0. The second kappa shape index (κ2) is 8.45. The number of rotatable bonds is 0. The van der Waals surface area contributed by atoms with Crippen LogP contribution in [0.2, 0.25) is 0 Å². The van der Waals surface area contributed by atoms with E-state index < -0.39 is 10.4 Å². The van der Waals surface area contributed by atoms with Crippen LogP contribution in [0.3, 0.4) is 0 Å². The first kappa shape index (κ1) is 22.7. The molecule has 0 fully saturated rings. The minimum Gasteiger partial charge on any atom is 0 e. The average molecular weight is 205 g/mol. The monoisotopic (exact) mass is 204 g/mol. The maximum Gasteiger partial charge on any atom is 0 e. The van der Waals surface area contributed by atoms with Crippen LogP contribution in [0.25, 0.3) is 0 Å². The fourth-order valence-corrected chi connectivity index (χ4v) is 0. The van der Waals surface area contributed by atoms with Gasteiger partial charge in [-0.1, -0.05) is 0 Å². The van der Waals surface area contributed by atoms with Crippen LogP contribution in [-0.2, 0) is 29.9 Å². The average Bonchev–Trinajstić information content (AvgIpc) is 0.722. The van der Waals surface area contributed by atoms with Crippen molar-refractivity contribution in [3.63, 3.8) is 0 Å². The van der Waals surface area contributed by atoms with E-state index in [2.05, 4.69) is 0 Å². The van der Waals surface area contributed by atoms with Crippen molar-refractivity contribution in [2.24, 2.45) is 0 Å².